The van der Waals surface area contributed by atoms with Crippen molar-refractivity contribution < 1.29 is 4.43 Å². The molecule has 0 aliphatic carbocycles. The Morgan fingerprint density at radius 2 is 1.85 bits per heavy atom. The van der Waals surface area contributed by atoms with Crippen LogP contribution >= 0.6 is 15.9 Å². The third kappa shape index (κ3) is 5.65. The molecule has 0 rings (SSSR count). The number of alkyl halides is 1. The van der Waals surface area contributed by atoms with Crippen molar-refractivity contribution in [2.75, 3.05) is 0 Å². The Labute approximate surface area is 92.4 Å². The minimum Gasteiger partial charge on any atom is -0.416 e. The van der Waals surface area contributed by atoms with E-state index in [1.807, 2.05) is 6.92 Å². The van der Waals surface area contributed by atoms with E-state index in [0.717, 1.165) is 0 Å². The van der Waals surface area contributed by atoms with Crippen LogP contribution in [0.1, 0.15) is 20.8 Å². The quantitative estimate of drug-likeness (QED) is 0.421. The van der Waals surface area contributed by atoms with E-state index in [0.29, 0.717) is 16.8 Å². The van der Waals surface area contributed by atoms with Crippen molar-refractivity contribution in [3.05, 3.63) is 12.2 Å². The minimum atomic E-state index is -0.930. The predicted octanol–water partition coefficient (Wildman–Crippen LogP) is 3.35. The molecule has 0 amide bonds. The molecule has 13 heavy (non-hydrogen) atoms. The van der Waals surface area contributed by atoms with Crippen LogP contribution in [-0.2, 0) is 4.43 Å². The van der Waals surface area contributed by atoms with Gasteiger partial charge in [0.05, 0.1) is 10.9 Å². The molecular weight excluding hydrogens is 244 g/mol. The van der Waals surface area contributed by atoms with E-state index in [2.05, 4.69) is 55.0 Å². The summed E-state index contributed by atoms with van der Waals surface area (Å²) in [5.74, 6) is 0.565. The van der Waals surface area contributed by atoms with Gasteiger partial charge in [-0.3, -0.25) is 0 Å². The van der Waals surface area contributed by atoms with Crippen LogP contribution in [0.3, 0.4) is 0 Å². The molecule has 0 aromatic carbocycles. The molecule has 0 radical (unpaired) electrons. The standard InChI is InChI=1S/C10H21BrOSi/c1-6-7-9(11)10(8(2)3)12-13(4)5/h6-10,13H,1-5H3/b7-6-. The fourth-order valence-electron chi connectivity index (χ4n) is 1.21. The summed E-state index contributed by atoms with van der Waals surface area (Å²) in [5.41, 5.74) is 0. The Morgan fingerprint density at radius 3 is 2.15 bits per heavy atom. The molecule has 0 aromatic heterocycles. The highest BCUT2D eigenvalue weighted by Gasteiger charge is 2.21. The fraction of sp³-hybridized carbons (Fsp3) is 0.800. The SMILES string of the molecule is C/C=C\C(Br)C(O[SiH](C)C)C(C)C. The molecule has 0 aromatic rings. The van der Waals surface area contributed by atoms with E-state index >= 15 is 0 Å². The second kappa shape index (κ2) is 6.79. The average Bonchev–Trinajstić information content (AvgIpc) is 1.99. The first-order valence-electron chi connectivity index (χ1n) is 4.91. The number of hydrogen-bond donors (Lipinski definition) is 0. The lowest BCUT2D eigenvalue weighted by atomic mass is 10.0. The minimum absolute atomic E-state index is 0.322. The van der Waals surface area contributed by atoms with Gasteiger partial charge in [-0.25, -0.2) is 0 Å². The molecule has 0 spiro atoms. The van der Waals surface area contributed by atoms with Crippen molar-refractivity contribution in [3.63, 3.8) is 0 Å². The molecule has 0 N–H and O–H groups in total. The number of halogens is 1. The lowest BCUT2D eigenvalue weighted by Crippen LogP contribution is -2.32. The molecule has 78 valence electrons. The van der Waals surface area contributed by atoms with Gasteiger partial charge in [0.15, 0.2) is 9.04 Å². The Kier molecular flexibility index (Phi) is 7.00. The van der Waals surface area contributed by atoms with Crippen molar-refractivity contribution >= 4 is 25.0 Å². The number of allylic oxidation sites excluding steroid dienone is 1. The highest BCUT2D eigenvalue weighted by atomic mass is 79.9. The zero-order valence-electron chi connectivity index (χ0n) is 9.25. The van der Waals surface area contributed by atoms with Crippen LogP contribution in [0.25, 0.3) is 0 Å². The van der Waals surface area contributed by atoms with Crippen molar-refractivity contribution in [3.8, 4) is 0 Å². The van der Waals surface area contributed by atoms with Crippen LogP contribution in [0.15, 0.2) is 12.2 Å². The van der Waals surface area contributed by atoms with Gasteiger partial charge in [0.25, 0.3) is 0 Å². The summed E-state index contributed by atoms with van der Waals surface area (Å²) in [6, 6.07) is 0. The molecule has 0 saturated carbocycles. The van der Waals surface area contributed by atoms with Crippen molar-refractivity contribution in [2.24, 2.45) is 5.92 Å². The summed E-state index contributed by atoms with van der Waals surface area (Å²) in [6.45, 7) is 10.9. The topological polar surface area (TPSA) is 9.23 Å². The monoisotopic (exact) mass is 264 g/mol. The van der Waals surface area contributed by atoms with Crippen LogP contribution in [0.2, 0.25) is 13.1 Å². The third-order valence-corrected chi connectivity index (χ3v) is 3.46. The smallest absolute Gasteiger partial charge is 0.171 e. The van der Waals surface area contributed by atoms with E-state index < -0.39 is 9.04 Å². The van der Waals surface area contributed by atoms with Gasteiger partial charge in [-0.05, 0) is 25.9 Å². The van der Waals surface area contributed by atoms with Crippen molar-refractivity contribution in [2.45, 2.75) is 44.8 Å². The van der Waals surface area contributed by atoms with Gasteiger partial charge in [0.2, 0.25) is 0 Å². The average molecular weight is 265 g/mol. The molecule has 0 saturated heterocycles. The molecule has 3 heteroatoms. The summed E-state index contributed by atoms with van der Waals surface area (Å²) in [7, 11) is -0.930. The van der Waals surface area contributed by atoms with Gasteiger partial charge in [-0.1, -0.05) is 41.9 Å². The van der Waals surface area contributed by atoms with Crippen LogP contribution in [0.4, 0.5) is 0 Å². The lowest BCUT2D eigenvalue weighted by Gasteiger charge is -2.26. The van der Waals surface area contributed by atoms with Crippen LogP contribution in [-0.4, -0.2) is 20.0 Å². The summed E-state index contributed by atoms with van der Waals surface area (Å²) in [5, 5.41) is 0. The summed E-state index contributed by atoms with van der Waals surface area (Å²) in [6.07, 6.45) is 4.55. The summed E-state index contributed by atoms with van der Waals surface area (Å²) >= 11 is 3.64. The maximum atomic E-state index is 5.97. The Hall–Kier alpha value is 0.397. The zero-order valence-corrected chi connectivity index (χ0v) is 12.0. The molecule has 1 nitrogen and oxygen atoms in total. The maximum absolute atomic E-state index is 5.97. The Morgan fingerprint density at radius 1 is 1.31 bits per heavy atom. The van der Waals surface area contributed by atoms with Gasteiger partial charge in [0.1, 0.15) is 0 Å². The predicted molar refractivity (Wildman–Crippen MR) is 66.1 cm³/mol. The first-order chi connectivity index (χ1) is 5.99. The third-order valence-electron chi connectivity index (χ3n) is 1.78. The Balaban J connectivity index is 4.23. The summed E-state index contributed by atoms with van der Waals surface area (Å²) in [4.78, 5) is 0.354. The molecule has 2 atom stereocenters. The second-order valence-electron chi connectivity index (χ2n) is 3.86. The molecule has 0 fully saturated rings. The van der Waals surface area contributed by atoms with Gasteiger partial charge < -0.3 is 4.43 Å². The maximum Gasteiger partial charge on any atom is 0.171 e. The first-order valence-corrected chi connectivity index (χ1v) is 8.61. The highest BCUT2D eigenvalue weighted by Crippen LogP contribution is 2.19. The van der Waals surface area contributed by atoms with E-state index in [4.69, 9.17) is 4.43 Å². The molecular formula is C10H21BrOSi. The van der Waals surface area contributed by atoms with Crippen molar-refractivity contribution in [1.82, 2.24) is 0 Å². The van der Waals surface area contributed by atoms with Crippen LogP contribution in [0.5, 0.6) is 0 Å². The van der Waals surface area contributed by atoms with E-state index in [-0.39, 0.29) is 0 Å². The molecule has 0 aliphatic heterocycles. The van der Waals surface area contributed by atoms with Gasteiger partial charge in [0, 0.05) is 0 Å². The normalized spacial score (nSPS) is 17.2. The molecule has 0 aliphatic rings. The van der Waals surface area contributed by atoms with Crippen LogP contribution < -0.4 is 0 Å². The molecule has 0 bridgehead atoms. The van der Waals surface area contributed by atoms with Gasteiger partial charge in [-0.15, -0.1) is 0 Å². The Bertz CT molecular complexity index is 157. The highest BCUT2D eigenvalue weighted by molar-refractivity contribution is 9.09. The molecule has 2 unspecified atom stereocenters. The number of rotatable bonds is 5. The first kappa shape index (κ1) is 13.4. The molecule has 0 heterocycles. The fourth-order valence-corrected chi connectivity index (χ4v) is 3.59. The second-order valence-corrected chi connectivity index (χ2v) is 7.29. The zero-order chi connectivity index (χ0) is 10.4. The largest absolute Gasteiger partial charge is 0.416 e. The summed E-state index contributed by atoms with van der Waals surface area (Å²) < 4.78 is 5.97. The van der Waals surface area contributed by atoms with Gasteiger partial charge >= 0.3 is 0 Å². The van der Waals surface area contributed by atoms with Crippen LogP contribution in [0, 0.1) is 5.92 Å². The van der Waals surface area contributed by atoms with Gasteiger partial charge in [-0.2, -0.15) is 0 Å². The van der Waals surface area contributed by atoms with E-state index in [1.54, 1.807) is 0 Å². The van der Waals surface area contributed by atoms with Crippen molar-refractivity contribution in [1.29, 1.82) is 0 Å². The van der Waals surface area contributed by atoms with E-state index in [9.17, 15) is 0 Å². The van der Waals surface area contributed by atoms with E-state index in [1.165, 1.54) is 0 Å². The lowest BCUT2D eigenvalue weighted by molar-refractivity contribution is 0.162. The number of hydrogen-bond acceptors (Lipinski definition) is 1.